The number of likely N-dealkylation sites (tertiary alicyclic amines) is 1. The molecule has 0 saturated carbocycles. The highest BCUT2D eigenvalue weighted by atomic mass is 16.5. The molecule has 1 fully saturated rings. The van der Waals surface area contributed by atoms with Crippen molar-refractivity contribution in [3.8, 4) is 5.75 Å². The van der Waals surface area contributed by atoms with Crippen molar-refractivity contribution in [3.05, 3.63) is 30.3 Å². The first-order valence-corrected chi connectivity index (χ1v) is 8.06. The van der Waals surface area contributed by atoms with E-state index in [0.29, 0.717) is 0 Å². The highest BCUT2D eigenvalue weighted by Gasteiger charge is 2.08. The van der Waals surface area contributed by atoms with Crippen LogP contribution in [-0.4, -0.2) is 44.2 Å². The Labute approximate surface area is 123 Å². The number of hydrogen-bond acceptors (Lipinski definition) is 3. The Hall–Kier alpha value is -1.06. The van der Waals surface area contributed by atoms with Crippen LogP contribution in [0.4, 0.5) is 0 Å². The fraction of sp³-hybridized carbons (Fsp3) is 0.647. The average Bonchev–Trinajstić information content (AvgIpc) is 2.52. The van der Waals surface area contributed by atoms with Gasteiger partial charge in [0.05, 0.1) is 6.61 Å². The van der Waals surface area contributed by atoms with Gasteiger partial charge < -0.3 is 15.0 Å². The predicted octanol–water partition coefficient (Wildman–Crippen LogP) is 2.92. The molecule has 0 aliphatic carbocycles. The molecule has 0 unspecified atom stereocenters. The standard InChI is InChI=1S/C17H28N2O/c1-3-9-17(10-4-1)20-16-8-12-18-11-7-15-19-13-5-2-6-14-19/h1,3-4,9-10,18H,2,5-8,11-16H2. The van der Waals surface area contributed by atoms with Gasteiger partial charge in [-0.1, -0.05) is 24.6 Å². The minimum absolute atomic E-state index is 0.795. The van der Waals surface area contributed by atoms with Gasteiger partial charge in [0.2, 0.25) is 0 Å². The number of benzene rings is 1. The van der Waals surface area contributed by atoms with Crippen molar-refractivity contribution in [2.45, 2.75) is 32.1 Å². The second-order valence-electron chi connectivity index (χ2n) is 5.52. The van der Waals surface area contributed by atoms with Gasteiger partial charge in [0.1, 0.15) is 5.75 Å². The van der Waals surface area contributed by atoms with E-state index < -0.39 is 0 Å². The van der Waals surface area contributed by atoms with Gasteiger partial charge in [-0.05, 0) is 70.5 Å². The molecule has 2 rings (SSSR count). The van der Waals surface area contributed by atoms with Crippen LogP contribution in [0.15, 0.2) is 30.3 Å². The summed E-state index contributed by atoms with van der Waals surface area (Å²) in [6.07, 6.45) is 6.54. The zero-order valence-corrected chi connectivity index (χ0v) is 12.5. The summed E-state index contributed by atoms with van der Waals surface area (Å²) >= 11 is 0. The predicted molar refractivity (Wildman–Crippen MR) is 84.3 cm³/mol. The molecule has 1 aromatic carbocycles. The topological polar surface area (TPSA) is 24.5 Å². The monoisotopic (exact) mass is 276 g/mol. The number of ether oxygens (including phenoxy) is 1. The Kier molecular flexibility index (Phi) is 7.50. The van der Waals surface area contributed by atoms with Crippen molar-refractivity contribution in [1.29, 1.82) is 0 Å². The Morgan fingerprint density at radius 3 is 2.50 bits per heavy atom. The van der Waals surface area contributed by atoms with E-state index in [9.17, 15) is 0 Å². The molecule has 20 heavy (non-hydrogen) atoms. The molecule has 1 aromatic rings. The van der Waals surface area contributed by atoms with Crippen LogP contribution in [0.3, 0.4) is 0 Å². The van der Waals surface area contributed by atoms with Gasteiger partial charge in [-0.2, -0.15) is 0 Å². The van der Waals surface area contributed by atoms with Crippen LogP contribution in [0.25, 0.3) is 0 Å². The molecule has 3 heteroatoms. The molecular weight excluding hydrogens is 248 g/mol. The summed E-state index contributed by atoms with van der Waals surface area (Å²) in [6, 6.07) is 10.0. The number of nitrogens with zero attached hydrogens (tertiary/aromatic N) is 1. The quantitative estimate of drug-likeness (QED) is 0.702. The maximum atomic E-state index is 5.66. The van der Waals surface area contributed by atoms with Crippen LogP contribution in [0.2, 0.25) is 0 Å². The lowest BCUT2D eigenvalue weighted by Gasteiger charge is -2.26. The molecule has 1 heterocycles. The lowest BCUT2D eigenvalue weighted by Crippen LogP contribution is -2.32. The van der Waals surface area contributed by atoms with E-state index >= 15 is 0 Å². The van der Waals surface area contributed by atoms with Crippen LogP contribution in [0.5, 0.6) is 5.75 Å². The molecule has 1 aliphatic heterocycles. The third-order valence-corrected chi connectivity index (χ3v) is 3.79. The van der Waals surface area contributed by atoms with E-state index in [-0.39, 0.29) is 0 Å². The third kappa shape index (κ3) is 6.40. The number of rotatable bonds is 9. The van der Waals surface area contributed by atoms with Crippen LogP contribution >= 0.6 is 0 Å². The van der Waals surface area contributed by atoms with E-state index in [0.717, 1.165) is 31.9 Å². The van der Waals surface area contributed by atoms with E-state index in [1.54, 1.807) is 0 Å². The summed E-state index contributed by atoms with van der Waals surface area (Å²) in [6.45, 7) is 6.85. The summed E-state index contributed by atoms with van der Waals surface area (Å²) in [5, 5.41) is 3.50. The number of hydrogen-bond donors (Lipinski definition) is 1. The molecule has 0 amide bonds. The highest BCUT2D eigenvalue weighted by Crippen LogP contribution is 2.09. The van der Waals surface area contributed by atoms with Crippen LogP contribution in [-0.2, 0) is 0 Å². The lowest BCUT2D eigenvalue weighted by atomic mass is 10.1. The zero-order valence-electron chi connectivity index (χ0n) is 12.5. The number of para-hydroxylation sites is 1. The van der Waals surface area contributed by atoms with Crippen molar-refractivity contribution in [1.82, 2.24) is 10.2 Å². The summed E-state index contributed by atoms with van der Waals surface area (Å²) in [4.78, 5) is 2.60. The smallest absolute Gasteiger partial charge is 0.119 e. The van der Waals surface area contributed by atoms with Gasteiger partial charge in [0, 0.05) is 0 Å². The molecule has 0 atom stereocenters. The largest absolute Gasteiger partial charge is 0.494 e. The number of nitrogens with one attached hydrogen (secondary N) is 1. The molecule has 0 radical (unpaired) electrons. The minimum atomic E-state index is 0.795. The van der Waals surface area contributed by atoms with Crippen molar-refractivity contribution in [2.24, 2.45) is 0 Å². The SMILES string of the molecule is c1ccc(OCCCNCCCN2CCCCC2)cc1. The molecule has 1 saturated heterocycles. The fourth-order valence-corrected chi connectivity index (χ4v) is 2.64. The zero-order chi connectivity index (χ0) is 13.9. The van der Waals surface area contributed by atoms with E-state index in [4.69, 9.17) is 4.74 Å². The van der Waals surface area contributed by atoms with E-state index in [1.165, 1.54) is 45.3 Å². The molecule has 1 aliphatic rings. The van der Waals surface area contributed by atoms with Crippen molar-refractivity contribution < 1.29 is 4.74 Å². The van der Waals surface area contributed by atoms with Gasteiger partial charge in [0.25, 0.3) is 0 Å². The molecular formula is C17H28N2O. The second-order valence-corrected chi connectivity index (χ2v) is 5.52. The first-order valence-electron chi connectivity index (χ1n) is 8.06. The van der Waals surface area contributed by atoms with Gasteiger partial charge in [0.15, 0.2) is 0 Å². The Balaban J connectivity index is 1.38. The molecule has 0 aromatic heterocycles. The van der Waals surface area contributed by atoms with E-state index in [1.807, 2.05) is 30.3 Å². The van der Waals surface area contributed by atoms with Gasteiger partial charge in [-0.25, -0.2) is 0 Å². The molecule has 0 bridgehead atoms. The van der Waals surface area contributed by atoms with Crippen LogP contribution in [0.1, 0.15) is 32.1 Å². The molecule has 1 N–H and O–H groups in total. The van der Waals surface area contributed by atoms with Gasteiger partial charge in [-0.15, -0.1) is 0 Å². The number of piperidine rings is 1. The third-order valence-electron chi connectivity index (χ3n) is 3.79. The van der Waals surface area contributed by atoms with Crippen molar-refractivity contribution in [3.63, 3.8) is 0 Å². The normalized spacial score (nSPS) is 16.2. The second kappa shape index (κ2) is 9.78. The highest BCUT2D eigenvalue weighted by molar-refractivity contribution is 5.20. The van der Waals surface area contributed by atoms with Crippen LogP contribution in [0, 0.1) is 0 Å². The summed E-state index contributed by atoms with van der Waals surface area (Å²) in [5.74, 6) is 0.970. The molecule has 3 nitrogen and oxygen atoms in total. The van der Waals surface area contributed by atoms with E-state index in [2.05, 4.69) is 10.2 Å². The van der Waals surface area contributed by atoms with Crippen LogP contribution < -0.4 is 10.1 Å². The summed E-state index contributed by atoms with van der Waals surface area (Å²) in [7, 11) is 0. The van der Waals surface area contributed by atoms with Gasteiger partial charge in [-0.3, -0.25) is 0 Å². The molecule has 0 spiro atoms. The van der Waals surface area contributed by atoms with Gasteiger partial charge >= 0.3 is 0 Å². The first-order chi connectivity index (χ1) is 9.95. The Morgan fingerprint density at radius 1 is 0.950 bits per heavy atom. The molecule has 112 valence electrons. The van der Waals surface area contributed by atoms with Crippen molar-refractivity contribution in [2.75, 3.05) is 39.3 Å². The Morgan fingerprint density at radius 2 is 1.70 bits per heavy atom. The fourth-order valence-electron chi connectivity index (χ4n) is 2.64. The maximum Gasteiger partial charge on any atom is 0.119 e. The summed E-state index contributed by atoms with van der Waals surface area (Å²) < 4.78 is 5.66. The lowest BCUT2D eigenvalue weighted by molar-refractivity contribution is 0.225. The first kappa shape index (κ1) is 15.3. The average molecular weight is 276 g/mol. The minimum Gasteiger partial charge on any atom is -0.494 e. The summed E-state index contributed by atoms with van der Waals surface area (Å²) in [5.41, 5.74) is 0. The maximum absolute atomic E-state index is 5.66. The Bertz CT molecular complexity index is 336. The van der Waals surface area contributed by atoms with Crippen molar-refractivity contribution >= 4 is 0 Å².